The summed E-state index contributed by atoms with van der Waals surface area (Å²) < 4.78 is 9.78. The number of hydrogen-bond acceptors (Lipinski definition) is 1. The summed E-state index contributed by atoms with van der Waals surface area (Å²) in [5.41, 5.74) is 0. The Morgan fingerprint density at radius 3 is 1.76 bits per heavy atom. The lowest BCUT2D eigenvalue weighted by molar-refractivity contribution is -0.928. The van der Waals surface area contributed by atoms with Crippen molar-refractivity contribution >= 4 is 22.6 Å². The number of ether oxygens (including phenoxy) is 1. The lowest BCUT2D eigenvalue weighted by atomic mass is 10.0. The molecule has 0 amide bonds. The Morgan fingerprint density at radius 1 is 0.800 bits per heavy atom. The second-order valence-corrected chi connectivity index (χ2v) is 7.98. The molecule has 0 unspecified atom stereocenters. The fourth-order valence-corrected chi connectivity index (χ4v) is 3.85. The van der Waals surface area contributed by atoms with Crippen LogP contribution in [0.25, 0.3) is 0 Å². The lowest BCUT2D eigenvalue weighted by Crippen LogP contribution is -3.00. The number of rotatable bonds is 14. The summed E-state index contributed by atoms with van der Waals surface area (Å²) >= 11 is 2.16. The van der Waals surface area contributed by atoms with E-state index in [-0.39, 0.29) is 24.0 Å². The van der Waals surface area contributed by atoms with Gasteiger partial charge in [-0.2, -0.15) is 0 Å². The highest BCUT2D eigenvalue weighted by atomic mass is 127. The van der Waals surface area contributed by atoms with Gasteiger partial charge in [0.25, 0.3) is 0 Å². The van der Waals surface area contributed by atoms with Crippen LogP contribution in [0.15, 0.2) is 0 Å². The second kappa shape index (κ2) is 18.3. The van der Waals surface area contributed by atoms with Crippen molar-refractivity contribution in [3.8, 4) is 9.85 Å². The molecule has 1 saturated heterocycles. The third-order valence-corrected chi connectivity index (χ3v) is 5.77. The maximum Gasteiger partial charge on any atom is 0.141 e. The van der Waals surface area contributed by atoms with Crippen molar-refractivity contribution in [2.24, 2.45) is 0 Å². The van der Waals surface area contributed by atoms with E-state index in [0.717, 1.165) is 32.8 Å². The summed E-state index contributed by atoms with van der Waals surface area (Å²) in [6, 6.07) is 0. The Labute approximate surface area is 188 Å². The van der Waals surface area contributed by atoms with Gasteiger partial charge in [-0.25, -0.2) is 0 Å². The average Bonchev–Trinajstić information content (AvgIpc) is 2.62. The molecule has 0 saturated carbocycles. The summed E-state index contributed by atoms with van der Waals surface area (Å²) in [6.07, 6.45) is 17.1. The molecule has 0 spiro atoms. The minimum atomic E-state index is 0. The lowest BCUT2D eigenvalue weighted by Gasteiger charge is -2.40. The van der Waals surface area contributed by atoms with E-state index >= 15 is 0 Å². The van der Waals surface area contributed by atoms with Crippen molar-refractivity contribution in [2.45, 2.75) is 84.0 Å². The van der Waals surface area contributed by atoms with Gasteiger partial charge in [0.1, 0.15) is 19.6 Å². The van der Waals surface area contributed by atoms with Crippen molar-refractivity contribution in [1.29, 1.82) is 0 Å². The highest BCUT2D eigenvalue weighted by molar-refractivity contribution is 14.1. The molecule has 0 aromatic carbocycles. The van der Waals surface area contributed by atoms with Gasteiger partial charge in [0, 0.05) is 22.6 Å². The monoisotopic (exact) mass is 575 g/mol. The standard InChI is InChI=1S/C21H39INO.HI/c1-2-3-4-5-6-7-8-9-10-11-12-13-16-23(17-14-15-22)18-20-24-21-19-23;/h2-13,16-21H2,1H3;1H/q+1;/p-1. The van der Waals surface area contributed by atoms with Crippen LogP contribution in [0.5, 0.6) is 0 Å². The number of unbranched alkanes of at least 4 members (excludes halogenated alkanes) is 11. The molecule has 2 nitrogen and oxygen atoms in total. The molecule has 0 aromatic rings. The van der Waals surface area contributed by atoms with Gasteiger partial charge >= 0.3 is 0 Å². The summed E-state index contributed by atoms with van der Waals surface area (Å²) in [5.74, 6) is 3.31. The van der Waals surface area contributed by atoms with Crippen molar-refractivity contribution in [3.05, 3.63) is 0 Å². The maximum absolute atomic E-state index is 5.55. The number of nitrogens with zero attached hydrogens (tertiary/aromatic N) is 1. The number of halogens is 2. The van der Waals surface area contributed by atoms with E-state index in [1.807, 2.05) is 0 Å². The predicted molar refractivity (Wildman–Crippen MR) is 113 cm³/mol. The molecule has 1 heterocycles. The molecule has 25 heavy (non-hydrogen) atoms. The smallest absolute Gasteiger partial charge is 0.141 e. The van der Waals surface area contributed by atoms with Crippen LogP contribution in [-0.4, -0.2) is 43.9 Å². The highest BCUT2D eigenvalue weighted by Gasteiger charge is 2.28. The first-order valence-corrected chi connectivity index (χ1v) is 11.4. The minimum absolute atomic E-state index is 0. The van der Waals surface area contributed by atoms with Gasteiger partial charge in [0.05, 0.1) is 19.8 Å². The molecular formula is C21H39I2NO. The average molecular weight is 575 g/mol. The van der Waals surface area contributed by atoms with Gasteiger partial charge < -0.3 is 33.2 Å². The molecule has 1 aliphatic rings. The molecule has 1 rings (SSSR count). The van der Waals surface area contributed by atoms with Crippen molar-refractivity contribution in [1.82, 2.24) is 0 Å². The highest BCUT2D eigenvalue weighted by Crippen LogP contribution is 2.16. The summed E-state index contributed by atoms with van der Waals surface area (Å²) in [6.45, 7) is 8.76. The van der Waals surface area contributed by atoms with Crippen LogP contribution >= 0.6 is 22.6 Å². The van der Waals surface area contributed by atoms with Gasteiger partial charge in [0.2, 0.25) is 0 Å². The fourth-order valence-electron chi connectivity index (χ4n) is 3.68. The van der Waals surface area contributed by atoms with Gasteiger partial charge in [-0.05, 0) is 22.7 Å². The number of hydrogen-bond donors (Lipinski definition) is 0. The summed E-state index contributed by atoms with van der Waals surface area (Å²) in [7, 11) is 0. The Morgan fingerprint density at radius 2 is 1.28 bits per heavy atom. The first kappa shape index (κ1) is 25.9. The fraction of sp³-hybridized carbons (Fsp3) is 0.905. The van der Waals surface area contributed by atoms with E-state index in [1.54, 1.807) is 0 Å². The van der Waals surface area contributed by atoms with Crippen LogP contribution < -0.4 is 24.0 Å². The first-order chi connectivity index (χ1) is 11.8. The Bertz CT molecular complexity index is 346. The second-order valence-electron chi connectivity index (χ2n) is 7.44. The van der Waals surface area contributed by atoms with E-state index in [4.69, 9.17) is 4.74 Å². The normalized spacial score (nSPS) is 15.9. The topological polar surface area (TPSA) is 9.23 Å². The van der Waals surface area contributed by atoms with Gasteiger partial charge in [-0.1, -0.05) is 71.1 Å². The zero-order chi connectivity index (χ0) is 17.3. The molecule has 4 heteroatoms. The third-order valence-electron chi connectivity index (χ3n) is 5.39. The Balaban J connectivity index is 0.00000576. The molecule has 1 aliphatic heterocycles. The molecule has 1 fully saturated rings. The predicted octanol–water partition coefficient (Wildman–Crippen LogP) is 2.93. The molecule has 0 atom stereocenters. The van der Waals surface area contributed by atoms with Crippen LogP contribution in [-0.2, 0) is 4.74 Å². The van der Waals surface area contributed by atoms with E-state index in [9.17, 15) is 0 Å². The summed E-state index contributed by atoms with van der Waals surface area (Å²) in [4.78, 5) is 0. The SMILES string of the molecule is CCCCCCCCCCCCCC[N+]1(CC#CI)CCOCC1.[I-]. The molecule has 0 N–H and O–H groups in total. The van der Waals surface area contributed by atoms with Crippen LogP contribution in [0.2, 0.25) is 0 Å². The molecule has 0 bridgehead atoms. The Hall–Kier alpha value is 0.940. The van der Waals surface area contributed by atoms with Crippen molar-refractivity contribution in [2.75, 3.05) is 39.4 Å². The van der Waals surface area contributed by atoms with Crippen molar-refractivity contribution < 1.29 is 33.2 Å². The Kier molecular flexibility index (Phi) is 19.0. The molecular weight excluding hydrogens is 536 g/mol. The van der Waals surface area contributed by atoms with E-state index in [2.05, 4.69) is 39.4 Å². The van der Waals surface area contributed by atoms with E-state index < -0.39 is 0 Å². The van der Waals surface area contributed by atoms with Gasteiger partial charge in [0.15, 0.2) is 0 Å². The van der Waals surface area contributed by atoms with E-state index in [1.165, 1.54) is 88.1 Å². The maximum atomic E-state index is 5.55. The third kappa shape index (κ3) is 13.7. The summed E-state index contributed by atoms with van der Waals surface area (Å²) in [5, 5.41) is 0. The number of quaternary nitrogens is 1. The molecule has 0 radical (unpaired) electrons. The quantitative estimate of drug-likeness (QED) is 0.134. The van der Waals surface area contributed by atoms with Gasteiger partial charge in [-0.3, -0.25) is 0 Å². The van der Waals surface area contributed by atoms with Crippen LogP contribution in [0.1, 0.15) is 84.0 Å². The molecule has 148 valence electrons. The minimum Gasteiger partial charge on any atom is -1.00 e. The van der Waals surface area contributed by atoms with E-state index in [0.29, 0.717) is 0 Å². The van der Waals surface area contributed by atoms with Crippen LogP contribution in [0, 0.1) is 9.85 Å². The first-order valence-electron chi connectivity index (χ1n) is 10.3. The zero-order valence-corrected chi connectivity index (χ0v) is 20.7. The van der Waals surface area contributed by atoms with Crippen molar-refractivity contribution in [3.63, 3.8) is 0 Å². The number of morpholine rings is 1. The van der Waals surface area contributed by atoms with Crippen LogP contribution in [0.3, 0.4) is 0 Å². The largest absolute Gasteiger partial charge is 1.00 e. The van der Waals surface area contributed by atoms with Crippen LogP contribution in [0.4, 0.5) is 0 Å². The molecule has 0 aromatic heterocycles. The van der Waals surface area contributed by atoms with Gasteiger partial charge in [-0.15, -0.1) is 0 Å². The zero-order valence-electron chi connectivity index (χ0n) is 16.3. The molecule has 0 aliphatic carbocycles.